The zero-order valence-corrected chi connectivity index (χ0v) is 15.5. The molecule has 0 N–H and O–H groups in total. The molecule has 0 atom stereocenters. The summed E-state index contributed by atoms with van der Waals surface area (Å²) in [7, 11) is 5.78. The zero-order chi connectivity index (χ0) is 18.3. The summed E-state index contributed by atoms with van der Waals surface area (Å²) in [6.07, 6.45) is 0. The molecule has 0 unspecified atom stereocenters. The number of ether oxygens (including phenoxy) is 1. The minimum absolute atomic E-state index is 0.860. The maximum atomic E-state index is 6.29. The molecule has 0 saturated heterocycles. The molecule has 130 valence electrons. The molecule has 0 spiro atoms. The monoisotopic (exact) mass is 344 g/mol. The molecule has 4 rings (SSSR count). The van der Waals surface area contributed by atoms with Gasteiger partial charge in [0.2, 0.25) is 5.36 Å². The maximum Gasteiger partial charge on any atom is 0.203 e. The first-order valence-corrected chi connectivity index (χ1v) is 8.69. The number of methoxy groups -OCH3 is 1. The van der Waals surface area contributed by atoms with Crippen molar-refractivity contribution in [2.75, 3.05) is 21.2 Å². The van der Waals surface area contributed by atoms with Gasteiger partial charge < -0.3 is 9.15 Å². The van der Waals surface area contributed by atoms with Crippen molar-refractivity contribution in [2.24, 2.45) is 0 Å². The lowest BCUT2D eigenvalue weighted by molar-refractivity contribution is 0.416. The second-order valence-corrected chi connectivity index (χ2v) is 6.75. The van der Waals surface area contributed by atoms with Gasteiger partial charge in [-0.1, -0.05) is 30.3 Å². The van der Waals surface area contributed by atoms with E-state index >= 15 is 0 Å². The Labute approximate surface area is 153 Å². The molecule has 3 nitrogen and oxygen atoms in total. The molecule has 1 aliphatic carbocycles. The van der Waals surface area contributed by atoms with Crippen LogP contribution in [0.15, 0.2) is 65.1 Å². The van der Waals surface area contributed by atoms with E-state index in [1.54, 1.807) is 7.11 Å². The summed E-state index contributed by atoms with van der Waals surface area (Å²) in [5, 5.41) is 2.20. The highest BCUT2D eigenvalue weighted by Gasteiger charge is 2.20. The fourth-order valence-electron chi connectivity index (χ4n) is 3.41. The van der Waals surface area contributed by atoms with Crippen LogP contribution >= 0.6 is 0 Å². The summed E-state index contributed by atoms with van der Waals surface area (Å²) in [6, 6.07) is 20.8. The molecular formula is C23H22NO2+. The fraction of sp³-hybridized carbons (Fsp3) is 0.174. The lowest BCUT2D eigenvalue weighted by Crippen LogP contribution is -2.21. The standard InChI is InChI=1S/C23H22NO2/c1-15-9-11-18-21(13-15)26-22-14-16(24(2)3)10-12-19(22)23(18)17-7-5-6-8-20(17)25-4/h5-14H,1-4H3/q+1. The molecule has 1 aliphatic heterocycles. The summed E-state index contributed by atoms with van der Waals surface area (Å²) in [5.41, 5.74) is 5.35. The largest absolute Gasteiger partial charge is 0.496 e. The molecule has 0 fully saturated rings. The van der Waals surface area contributed by atoms with E-state index in [2.05, 4.69) is 54.0 Å². The number of rotatable bonds is 2. The van der Waals surface area contributed by atoms with Crippen LogP contribution in [0.2, 0.25) is 0 Å². The van der Waals surface area contributed by atoms with Gasteiger partial charge in [0.1, 0.15) is 31.2 Å². The van der Waals surface area contributed by atoms with Crippen LogP contribution < -0.4 is 14.7 Å². The van der Waals surface area contributed by atoms with Gasteiger partial charge in [0, 0.05) is 28.1 Å². The van der Waals surface area contributed by atoms with E-state index in [9.17, 15) is 0 Å². The van der Waals surface area contributed by atoms with E-state index in [0.717, 1.165) is 44.5 Å². The predicted octanol–water partition coefficient (Wildman–Crippen LogP) is 4.55. The Balaban J connectivity index is 2.20. The van der Waals surface area contributed by atoms with Crippen LogP contribution in [0, 0.1) is 6.92 Å². The molecular weight excluding hydrogens is 322 g/mol. The summed E-state index contributed by atoms with van der Waals surface area (Å²) >= 11 is 0. The van der Waals surface area contributed by atoms with E-state index in [1.807, 2.05) is 32.3 Å². The van der Waals surface area contributed by atoms with Gasteiger partial charge >= 0.3 is 0 Å². The lowest BCUT2D eigenvalue weighted by Gasteiger charge is -2.17. The number of hydrogen-bond acceptors (Lipinski definition) is 2. The average Bonchev–Trinajstić information content (AvgIpc) is 2.65. The lowest BCUT2D eigenvalue weighted by atomic mass is 9.92. The molecule has 2 aliphatic rings. The quantitative estimate of drug-likeness (QED) is 0.394. The highest BCUT2D eigenvalue weighted by atomic mass is 16.5. The van der Waals surface area contributed by atoms with Crippen molar-refractivity contribution >= 4 is 11.0 Å². The molecule has 0 amide bonds. The Hall–Kier alpha value is -3.07. The van der Waals surface area contributed by atoms with Crippen molar-refractivity contribution in [3.63, 3.8) is 0 Å². The van der Waals surface area contributed by atoms with E-state index in [4.69, 9.17) is 9.15 Å². The van der Waals surface area contributed by atoms with Gasteiger partial charge in [-0.2, -0.15) is 0 Å². The first-order chi connectivity index (χ1) is 12.6. The van der Waals surface area contributed by atoms with Crippen LogP contribution in [0.3, 0.4) is 0 Å². The minimum Gasteiger partial charge on any atom is -0.496 e. The molecule has 0 aromatic heterocycles. The van der Waals surface area contributed by atoms with Crippen LogP contribution in [-0.2, 0) is 0 Å². The van der Waals surface area contributed by atoms with Crippen LogP contribution in [0.1, 0.15) is 5.56 Å². The van der Waals surface area contributed by atoms with Crippen molar-refractivity contribution in [1.82, 2.24) is 4.58 Å². The predicted molar refractivity (Wildman–Crippen MR) is 107 cm³/mol. The number of aryl methyl sites for hydroxylation is 1. The summed E-state index contributed by atoms with van der Waals surface area (Å²) in [5.74, 6) is 1.73. The third kappa shape index (κ3) is 2.66. The molecule has 2 aromatic carbocycles. The molecule has 1 heterocycles. The van der Waals surface area contributed by atoms with E-state index in [1.165, 1.54) is 5.56 Å². The Morgan fingerprint density at radius 2 is 1.69 bits per heavy atom. The topological polar surface area (TPSA) is 25.4 Å². The van der Waals surface area contributed by atoms with Gasteiger partial charge in [-0.05, 0) is 30.7 Å². The zero-order valence-electron chi connectivity index (χ0n) is 15.5. The van der Waals surface area contributed by atoms with Crippen molar-refractivity contribution in [1.29, 1.82) is 0 Å². The van der Waals surface area contributed by atoms with E-state index < -0.39 is 0 Å². The second-order valence-electron chi connectivity index (χ2n) is 6.75. The highest BCUT2D eigenvalue weighted by molar-refractivity contribution is 6.03. The second kappa shape index (κ2) is 6.34. The highest BCUT2D eigenvalue weighted by Crippen LogP contribution is 2.43. The van der Waals surface area contributed by atoms with Gasteiger partial charge in [0.05, 0.1) is 13.2 Å². The fourth-order valence-corrected chi connectivity index (χ4v) is 3.41. The van der Waals surface area contributed by atoms with Crippen molar-refractivity contribution < 1.29 is 9.15 Å². The van der Waals surface area contributed by atoms with E-state index in [-0.39, 0.29) is 0 Å². The maximum absolute atomic E-state index is 6.29. The van der Waals surface area contributed by atoms with Gasteiger partial charge in [0.15, 0.2) is 0 Å². The summed E-state index contributed by atoms with van der Waals surface area (Å²) < 4.78 is 14.0. The Bertz CT molecular complexity index is 1150. The Kier molecular flexibility index (Phi) is 4.00. The number of benzene rings is 3. The van der Waals surface area contributed by atoms with Gasteiger partial charge in [0.25, 0.3) is 0 Å². The van der Waals surface area contributed by atoms with Gasteiger partial charge in [-0.3, -0.25) is 0 Å². The van der Waals surface area contributed by atoms with Crippen LogP contribution in [0.5, 0.6) is 5.75 Å². The molecule has 26 heavy (non-hydrogen) atoms. The Morgan fingerprint density at radius 3 is 2.46 bits per heavy atom. The molecule has 3 heteroatoms. The molecule has 0 saturated carbocycles. The van der Waals surface area contributed by atoms with Gasteiger partial charge in [-0.15, -0.1) is 0 Å². The number of para-hydroxylation sites is 1. The number of nitrogens with zero attached hydrogens (tertiary/aromatic N) is 1. The van der Waals surface area contributed by atoms with Crippen LogP contribution in [0.4, 0.5) is 0 Å². The smallest absolute Gasteiger partial charge is 0.203 e. The summed E-state index contributed by atoms with van der Waals surface area (Å²) in [6.45, 7) is 2.08. The van der Waals surface area contributed by atoms with Crippen molar-refractivity contribution in [2.45, 2.75) is 6.92 Å². The summed E-state index contributed by atoms with van der Waals surface area (Å²) in [4.78, 5) is 0. The third-order valence-electron chi connectivity index (χ3n) is 4.75. The number of hydrogen-bond donors (Lipinski definition) is 0. The molecule has 0 radical (unpaired) electrons. The minimum atomic E-state index is 0.860. The van der Waals surface area contributed by atoms with Gasteiger partial charge in [-0.25, -0.2) is 4.58 Å². The normalized spacial score (nSPS) is 11.1. The van der Waals surface area contributed by atoms with Crippen molar-refractivity contribution in [3.8, 4) is 28.2 Å². The molecule has 0 bridgehead atoms. The van der Waals surface area contributed by atoms with E-state index in [0.29, 0.717) is 0 Å². The van der Waals surface area contributed by atoms with Crippen molar-refractivity contribution in [3.05, 3.63) is 71.6 Å². The van der Waals surface area contributed by atoms with Crippen LogP contribution in [-0.4, -0.2) is 21.2 Å². The first kappa shape index (κ1) is 16.4. The Morgan fingerprint density at radius 1 is 0.885 bits per heavy atom. The number of fused-ring (bicyclic) bond motifs is 2. The van der Waals surface area contributed by atoms with Crippen LogP contribution in [0.25, 0.3) is 33.4 Å². The third-order valence-corrected chi connectivity index (χ3v) is 4.75. The molecule has 2 aromatic rings. The average molecular weight is 344 g/mol. The SMILES string of the molecule is COc1ccccc1-c1c2ccc(=[N+](C)C)cc-2oc2cc(C)ccc12. The first-order valence-electron chi connectivity index (χ1n) is 8.69.